The van der Waals surface area contributed by atoms with Crippen molar-refractivity contribution in [3.63, 3.8) is 0 Å². The molecule has 1 aliphatic rings. The standard InChI is InChI=1S/C21H19F3N2O2/c22-21(23,24)28-17-7-5-15(6-8-17)20(27)26-11-9-14(10-12-26)19-13-16-3-1-2-4-18(16)25-19/h1-8,13-14,25H,9-12H2. The van der Waals surface area contributed by atoms with Gasteiger partial charge in [-0.25, -0.2) is 0 Å². The Hall–Kier alpha value is -2.96. The Balaban J connectivity index is 1.38. The first-order valence-electron chi connectivity index (χ1n) is 9.12. The number of aromatic amines is 1. The number of aromatic nitrogens is 1. The van der Waals surface area contributed by atoms with Crippen molar-refractivity contribution in [2.24, 2.45) is 0 Å². The molecule has 3 aromatic rings. The zero-order chi connectivity index (χ0) is 19.7. The van der Waals surface area contributed by atoms with Crippen LogP contribution in [-0.4, -0.2) is 35.2 Å². The average molecular weight is 388 g/mol. The molecular formula is C21H19F3N2O2. The van der Waals surface area contributed by atoms with Gasteiger partial charge in [0.05, 0.1) is 0 Å². The number of hydrogen-bond acceptors (Lipinski definition) is 2. The number of rotatable bonds is 3. The van der Waals surface area contributed by atoms with Gasteiger partial charge in [-0.1, -0.05) is 18.2 Å². The number of nitrogens with one attached hydrogen (secondary N) is 1. The molecule has 1 fully saturated rings. The maximum Gasteiger partial charge on any atom is 0.573 e. The second-order valence-electron chi connectivity index (χ2n) is 6.95. The van der Waals surface area contributed by atoms with E-state index in [2.05, 4.69) is 21.9 Å². The van der Waals surface area contributed by atoms with Gasteiger partial charge in [-0.05, 0) is 54.6 Å². The molecule has 1 saturated heterocycles. The molecule has 0 radical (unpaired) electrons. The van der Waals surface area contributed by atoms with Gasteiger partial charge in [-0.3, -0.25) is 4.79 Å². The Morgan fingerprint density at radius 2 is 1.71 bits per heavy atom. The van der Waals surface area contributed by atoms with E-state index in [0.29, 0.717) is 24.6 Å². The van der Waals surface area contributed by atoms with Gasteiger partial charge in [0, 0.05) is 35.8 Å². The first-order valence-corrected chi connectivity index (χ1v) is 9.12. The quantitative estimate of drug-likeness (QED) is 0.680. The number of nitrogens with zero attached hydrogens (tertiary/aromatic N) is 1. The minimum absolute atomic E-state index is 0.173. The molecule has 0 bridgehead atoms. The van der Waals surface area contributed by atoms with Gasteiger partial charge in [0.15, 0.2) is 0 Å². The lowest BCUT2D eigenvalue weighted by Gasteiger charge is -2.31. The van der Waals surface area contributed by atoms with Crippen molar-refractivity contribution >= 4 is 16.8 Å². The van der Waals surface area contributed by atoms with Gasteiger partial charge in [0.2, 0.25) is 0 Å². The summed E-state index contributed by atoms with van der Waals surface area (Å²) < 4.78 is 40.5. The van der Waals surface area contributed by atoms with Gasteiger partial charge in [-0.15, -0.1) is 13.2 Å². The van der Waals surface area contributed by atoms with Crippen LogP contribution in [0.2, 0.25) is 0 Å². The Kier molecular flexibility index (Phi) is 4.75. The van der Waals surface area contributed by atoms with Crippen LogP contribution in [0.15, 0.2) is 54.6 Å². The zero-order valence-electron chi connectivity index (χ0n) is 15.0. The topological polar surface area (TPSA) is 45.3 Å². The van der Waals surface area contributed by atoms with Crippen molar-refractivity contribution in [1.82, 2.24) is 9.88 Å². The fourth-order valence-electron chi connectivity index (χ4n) is 3.69. The summed E-state index contributed by atoms with van der Waals surface area (Å²) in [5.41, 5.74) is 2.65. The molecule has 0 spiro atoms. The lowest BCUT2D eigenvalue weighted by atomic mass is 9.93. The van der Waals surface area contributed by atoms with Crippen molar-refractivity contribution < 1.29 is 22.7 Å². The van der Waals surface area contributed by atoms with Gasteiger partial charge in [0.1, 0.15) is 5.75 Å². The minimum atomic E-state index is -4.74. The maximum absolute atomic E-state index is 12.6. The van der Waals surface area contributed by atoms with E-state index in [4.69, 9.17) is 0 Å². The first-order chi connectivity index (χ1) is 13.4. The zero-order valence-corrected chi connectivity index (χ0v) is 15.0. The first kappa shape index (κ1) is 18.4. The number of alkyl halides is 3. The Bertz CT molecular complexity index is 938. The molecule has 1 amide bonds. The Morgan fingerprint density at radius 3 is 2.36 bits per heavy atom. The van der Waals surface area contributed by atoms with Crippen LogP contribution in [0, 0.1) is 0 Å². The lowest BCUT2D eigenvalue weighted by Crippen LogP contribution is -2.38. The van der Waals surface area contributed by atoms with E-state index in [1.165, 1.54) is 23.2 Å². The largest absolute Gasteiger partial charge is 0.573 e. The summed E-state index contributed by atoms with van der Waals surface area (Å²) in [4.78, 5) is 17.8. The molecule has 4 rings (SSSR count). The third-order valence-corrected chi connectivity index (χ3v) is 5.11. The number of carbonyl (C=O) groups excluding carboxylic acids is 1. The maximum atomic E-state index is 12.6. The summed E-state index contributed by atoms with van der Waals surface area (Å²) in [5, 5.41) is 1.18. The Morgan fingerprint density at radius 1 is 1.04 bits per heavy atom. The highest BCUT2D eigenvalue weighted by Gasteiger charge is 2.31. The number of likely N-dealkylation sites (tertiary alicyclic amines) is 1. The average Bonchev–Trinajstić information content (AvgIpc) is 3.11. The van der Waals surface area contributed by atoms with Gasteiger partial charge in [0.25, 0.3) is 5.91 Å². The summed E-state index contributed by atoms with van der Waals surface area (Å²) in [7, 11) is 0. The number of halogens is 3. The van der Waals surface area contributed by atoms with Crippen LogP contribution in [0.1, 0.15) is 34.8 Å². The van der Waals surface area contributed by atoms with Crippen LogP contribution in [0.25, 0.3) is 10.9 Å². The van der Waals surface area contributed by atoms with Crippen molar-refractivity contribution in [3.8, 4) is 5.75 Å². The van der Waals surface area contributed by atoms with Crippen molar-refractivity contribution in [3.05, 3.63) is 65.9 Å². The fraction of sp³-hybridized carbons (Fsp3) is 0.286. The fourth-order valence-corrected chi connectivity index (χ4v) is 3.69. The minimum Gasteiger partial charge on any atom is -0.406 e. The summed E-state index contributed by atoms with van der Waals surface area (Å²) in [6.45, 7) is 1.22. The number of carbonyl (C=O) groups is 1. The Labute approximate surface area is 159 Å². The molecule has 0 atom stereocenters. The van der Waals surface area contributed by atoms with E-state index in [1.54, 1.807) is 4.90 Å². The number of ether oxygens (including phenoxy) is 1. The predicted molar refractivity (Wildman–Crippen MR) is 99.3 cm³/mol. The van der Waals surface area contributed by atoms with Gasteiger partial charge in [-0.2, -0.15) is 0 Å². The molecule has 1 aromatic heterocycles. The SMILES string of the molecule is O=C(c1ccc(OC(F)(F)F)cc1)N1CCC(c2cc3ccccc3[nH]2)CC1. The number of H-pyrrole nitrogens is 1. The van der Waals surface area contributed by atoms with E-state index in [-0.39, 0.29) is 11.7 Å². The smallest absolute Gasteiger partial charge is 0.406 e. The van der Waals surface area contributed by atoms with Crippen molar-refractivity contribution in [2.75, 3.05) is 13.1 Å². The summed E-state index contributed by atoms with van der Waals surface area (Å²) in [5.74, 6) is -0.144. The van der Waals surface area contributed by atoms with Crippen LogP contribution >= 0.6 is 0 Å². The summed E-state index contributed by atoms with van der Waals surface area (Å²) in [6.07, 6.45) is -3.06. The van der Waals surface area contributed by atoms with E-state index in [1.807, 2.05) is 18.2 Å². The molecule has 7 heteroatoms. The molecular weight excluding hydrogens is 369 g/mol. The van der Waals surface area contributed by atoms with Crippen molar-refractivity contribution in [2.45, 2.75) is 25.1 Å². The van der Waals surface area contributed by atoms with E-state index in [9.17, 15) is 18.0 Å². The van der Waals surface area contributed by atoms with Gasteiger partial charge < -0.3 is 14.6 Å². The number of amides is 1. The van der Waals surface area contributed by atoms with E-state index >= 15 is 0 Å². The molecule has 0 aliphatic carbocycles. The highest BCUT2D eigenvalue weighted by molar-refractivity contribution is 5.94. The second-order valence-corrected chi connectivity index (χ2v) is 6.95. The normalized spacial score (nSPS) is 15.8. The number of hydrogen-bond donors (Lipinski definition) is 1. The molecule has 2 heterocycles. The van der Waals surface area contributed by atoms with Crippen LogP contribution in [-0.2, 0) is 0 Å². The molecule has 1 aliphatic heterocycles. The predicted octanol–water partition coefficient (Wildman–Crippen LogP) is 5.09. The highest BCUT2D eigenvalue weighted by atomic mass is 19.4. The van der Waals surface area contributed by atoms with Crippen molar-refractivity contribution in [1.29, 1.82) is 0 Å². The third kappa shape index (κ3) is 3.98. The number of para-hydroxylation sites is 1. The lowest BCUT2D eigenvalue weighted by molar-refractivity contribution is -0.274. The molecule has 146 valence electrons. The van der Waals surface area contributed by atoms with Crippen LogP contribution < -0.4 is 4.74 Å². The van der Waals surface area contributed by atoms with Crippen LogP contribution in [0.4, 0.5) is 13.2 Å². The molecule has 28 heavy (non-hydrogen) atoms. The monoisotopic (exact) mass is 388 g/mol. The summed E-state index contributed by atoms with van der Waals surface area (Å²) >= 11 is 0. The summed E-state index contributed by atoms with van der Waals surface area (Å²) in [6, 6.07) is 15.3. The number of benzene rings is 2. The second kappa shape index (κ2) is 7.22. The molecule has 4 nitrogen and oxygen atoms in total. The molecule has 1 N–H and O–H groups in total. The highest BCUT2D eigenvalue weighted by Crippen LogP contribution is 2.30. The molecule has 2 aromatic carbocycles. The van der Waals surface area contributed by atoms with E-state index < -0.39 is 6.36 Å². The van der Waals surface area contributed by atoms with Gasteiger partial charge >= 0.3 is 6.36 Å². The van der Waals surface area contributed by atoms with E-state index in [0.717, 1.165) is 30.5 Å². The molecule has 0 saturated carbocycles. The van der Waals surface area contributed by atoms with Crippen LogP contribution in [0.3, 0.4) is 0 Å². The van der Waals surface area contributed by atoms with Crippen LogP contribution in [0.5, 0.6) is 5.75 Å². The number of fused-ring (bicyclic) bond motifs is 1. The third-order valence-electron chi connectivity index (χ3n) is 5.11. The molecule has 0 unspecified atom stereocenters. The number of piperidine rings is 1.